The minimum absolute atomic E-state index is 0.0953. The highest BCUT2D eigenvalue weighted by atomic mass is 32.1. The summed E-state index contributed by atoms with van der Waals surface area (Å²) in [6, 6.07) is 15.1. The minimum Gasteiger partial charge on any atom is -0.311 e. The summed E-state index contributed by atoms with van der Waals surface area (Å²) in [6.45, 7) is 0. The Kier molecular flexibility index (Phi) is 8.55. The highest BCUT2D eigenvalue weighted by molar-refractivity contribution is 7.15. The fourth-order valence-corrected chi connectivity index (χ4v) is 4.23. The molecule has 0 atom stereocenters. The molecule has 2 aromatic heterocycles. The lowest BCUT2D eigenvalue weighted by Gasteiger charge is -2.20. The van der Waals surface area contributed by atoms with Crippen molar-refractivity contribution >= 4 is 28.3 Å². The van der Waals surface area contributed by atoms with E-state index in [1.54, 1.807) is 6.20 Å². The van der Waals surface area contributed by atoms with Gasteiger partial charge in [-0.3, -0.25) is 20.0 Å². The third-order valence-electron chi connectivity index (χ3n) is 5.16. The van der Waals surface area contributed by atoms with Crippen LogP contribution in [0.1, 0.15) is 35.5 Å². The molecule has 0 radical (unpaired) electrons. The molecule has 1 aliphatic rings. The third-order valence-corrected chi connectivity index (χ3v) is 6.06. The number of nitrogens with zero attached hydrogens (tertiary/aromatic N) is 3. The number of pyridine rings is 1. The van der Waals surface area contributed by atoms with Crippen LogP contribution in [0.15, 0.2) is 78.4 Å². The van der Waals surface area contributed by atoms with Crippen molar-refractivity contribution in [2.75, 3.05) is 5.32 Å². The second-order valence-corrected chi connectivity index (χ2v) is 9.05. The van der Waals surface area contributed by atoms with Crippen LogP contribution in [0.4, 0.5) is 5.13 Å². The summed E-state index contributed by atoms with van der Waals surface area (Å²) in [5.41, 5.74) is 8.86. The SMILES string of the molecule is O=C(Cc1ccccn1)NC1=CC=C(CCCCc2nnc(NC(=O)Cc3ccccc3)s2)NN1. The Labute approximate surface area is 207 Å². The first-order chi connectivity index (χ1) is 17.1. The third kappa shape index (κ3) is 8.04. The normalized spacial score (nSPS) is 12.6. The molecule has 0 saturated heterocycles. The van der Waals surface area contributed by atoms with Crippen LogP contribution in [0.2, 0.25) is 0 Å². The van der Waals surface area contributed by atoms with E-state index in [4.69, 9.17) is 0 Å². The van der Waals surface area contributed by atoms with E-state index >= 15 is 0 Å². The lowest BCUT2D eigenvalue weighted by atomic mass is 10.1. The summed E-state index contributed by atoms with van der Waals surface area (Å²) in [5, 5.41) is 15.4. The Bertz CT molecular complexity index is 1190. The molecule has 3 heterocycles. The van der Waals surface area contributed by atoms with Crippen molar-refractivity contribution in [1.29, 1.82) is 0 Å². The summed E-state index contributed by atoms with van der Waals surface area (Å²) in [7, 11) is 0. The van der Waals surface area contributed by atoms with Crippen LogP contribution in [0, 0.1) is 0 Å². The Morgan fingerprint density at radius 1 is 0.829 bits per heavy atom. The first-order valence-corrected chi connectivity index (χ1v) is 12.2. The number of aryl methyl sites for hydroxylation is 1. The highest BCUT2D eigenvalue weighted by Gasteiger charge is 2.11. The molecule has 0 spiro atoms. The summed E-state index contributed by atoms with van der Waals surface area (Å²) < 4.78 is 0. The monoisotopic (exact) mass is 489 g/mol. The first kappa shape index (κ1) is 24.1. The molecule has 0 bridgehead atoms. The molecule has 0 aliphatic carbocycles. The van der Waals surface area contributed by atoms with E-state index in [0.717, 1.165) is 47.6 Å². The van der Waals surface area contributed by atoms with Crippen LogP contribution in [-0.2, 0) is 28.9 Å². The van der Waals surface area contributed by atoms with Crippen molar-refractivity contribution in [2.24, 2.45) is 0 Å². The topological polar surface area (TPSA) is 121 Å². The average molecular weight is 490 g/mol. The molecule has 180 valence electrons. The fourth-order valence-electron chi connectivity index (χ4n) is 3.44. The molecule has 4 N–H and O–H groups in total. The number of carbonyl (C=O) groups excluding carboxylic acids is 2. The molecule has 0 fully saturated rings. The van der Waals surface area contributed by atoms with Crippen LogP contribution >= 0.6 is 11.3 Å². The molecule has 35 heavy (non-hydrogen) atoms. The first-order valence-electron chi connectivity index (χ1n) is 11.4. The standard InChI is InChI=1S/C25H27N7O2S/c33-22(16-18-8-2-1-3-9-18)28-25-32-31-24(35-25)12-5-4-10-19-13-14-21(30-29-19)27-23(34)17-20-11-6-7-15-26-20/h1-3,6-9,11,13-15,29-30H,4-5,10,12,16-17H2,(H,27,34)(H,28,32,33). The zero-order valence-corrected chi connectivity index (χ0v) is 20.0. The van der Waals surface area contributed by atoms with Gasteiger partial charge < -0.3 is 16.1 Å². The number of hydrogen-bond acceptors (Lipinski definition) is 8. The number of unbranched alkanes of at least 4 members (excludes halogenated alkanes) is 1. The van der Waals surface area contributed by atoms with E-state index in [2.05, 4.69) is 36.7 Å². The van der Waals surface area contributed by atoms with Crippen LogP contribution in [0.3, 0.4) is 0 Å². The molecule has 4 rings (SSSR count). The number of anilines is 1. The van der Waals surface area contributed by atoms with Crippen LogP contribution in [0.25, 0.3) is 0 Å². The number of carbonyl (C=O) groups is 2. The number of hydrazine groups is 1. The zero-order valence-electron chi connectivity index (χ0n) is 19.2. The molecule has 0 unspecified atom stereocenters. The fraction of sp³-hybridized carbons (Fsp3) is 0.240. The number of aromatic nitrogens is 3. The molecular weight excluding hydrogens is 462 g/mol. The molecule has 1 aliphatic heterocycles. The van der Waals surface area contributed by atoms with Crippen molar-refractivity contribution in [3.8, 4) is 0 Å². The van der Waals surface area contributed by atoms with Gasteiger partial charge in [0.05, 0.1) is 12.8 Å². The van der Waals surface area contributed by atoms with E-state index in [0.29, 0.717) is 17.4 Å². The van der Waals surface area contributed by atoms with Gasteiger partial charge in [-0.15, -0.1) is 10.2 Å². The van der Waals surface area contributed by atoms with Gasteiger partial charge in [0.25, 0.3) is 0 Å². The van der Waals surface area contributed by atoms with Gasteiger partial charge in [-0.25, -0.2) is 0 Å². The van der Waals surface area contributed by atoms with Crippen molar-refractivity contribution in [3.63, 3.8) is 0 Å². The number of nitrogens with one attached hydrogen (secondary N) is 4. The van der Waals surface area contributed by atoms with Crippen LogP contribution in [0.5, 0.6) is 0 Å². The number of amides is 2. The molecule has 0 saturated carbocycles. The Morgan fingerprint density at radius 3 is 2.40 bits per heavy atom. The molecule has 2 amide bonds. The number of hydrogen-bond donors (Lipinski definition) is 4. The van der Waals surface area contributed by atoms with Gasteiger partial charge in [-0.05, 0) is 49.1 Å². The van der Waals surface area contributed by atoms with Crippen LogP contribution < -0.4 is 21.5 Å². The zero-order chi connectivity index (χ0) is 24.3. The molecule has 3 aromatic rings. The Hall–Kier alpha value is -4.05. The van der Waals surface area contributed by atoms with Gasteiger partial charge in [0.15, 0.2) is 0 Å². The van der Waals surface area contributed by atoms with E-state index in [9.17, 15) is 9.59 Å². The van der Waals surface area contributed by atoms with Gasteiger partial charge in [0.1, 0.15) is 10.8 Å². The Morgan fingerprint density at radius 2 is 1.63 bits per heavy atom. The largest absolute Gasteiger partial charge is 0.311 e. The lowest BCUT2D eigenvalue weighted by Crippen LogP contribution is -2.41. The maximum Gasteiger partial charge on any atom is 0.231 e. The summed E-state index contributed by atoms with van der Waals surface area (Å²) in [6.07, 6.45) is 9.59. The van der Waals surface area contributed by atoms with Gasteiger partial charge in [-0.1, -0.05) is 47.7 Å². The molecule has 10 heteroatoms. The highest BCUT2D eigenvalue weighted by Crippen LogP contribution is 2.18. The Balaban J connectivity index is 1.14. The quantitative estimate of drug-likeness (QED) is 0.306. The van der Waals surface area contributed by atoms with Crippen molar-refractivity contribution in [3.05, 3.63) is 94.7 Å². The average Bonchev–Trinajstić information content (AvgIpc) is 3.31. The lowest BCUT2D eigenvalue weighted by molar-refractivity contribution is -0.120. The number of benzene rings is 1. The summed E-state index contributed by atoms with van der Waals surface area (Å²) in [4.78, 5) is 28.5. The molecule has 1 aromatic carbocycles. The van der Waals surface area contributed by atoms with Crippen molar-refractivity contribution in [1.82, 2.24) is 31.3 Å². The van der Waals surface area contributed by atoms with Crippen LogP contribution in [-0.4, -0.2) is 27.0 Å². The number of allylic oxidation sites excluding steroid dienone is 3. The minimum atomic E-state index is -0.131. The van der Waals surface area contributed by atoms with E-state index in [1.807, 2.05) is 60.7 Å². The summed E-state index contributed by atoms with van der Waals surface area (Å²) >= 11 is 1.41. The van der Waals surface area contributed by atoms with Gasteiger partial charge >= 0.3 is 0 Å². The van der Waals surface area contributed by atoms with Gasteiger partial charge in [-0.2, -0.15) is 0 Å². The van der Waals surface area contributed by atoms with Crippen molar-refractivity contribution < 1.29 is 9.59 Å². The van der Waals surface area contributed by atoms with Crippen molar-refractivity contribution in [2.45, 2.75) is 38.5 Å². The molecular formula is C25H27N7O2S. The summed E-state index contributed by atoms with van der Waals surface area (Å²) in [5.74, 6) is 0.376. The van der Waals surface area contributed by atoms with E-state index < -0.39 is 0 Å². The maximum absolute atomic E-state index is 12.2. The molecule has 9 nitrogen and oxygen atoms in total. The number of rotatable bonds is 11. The second-order valence-electron chi connectivity index (χ2n) is 7.99. The maximum atomic E-state index is 12.2. The smallest absolute Gasteiger partial charge is 0.231 e. The van der Waals surface area contributed by atoms with Gasteiger partial charge in [0.2, 0.25) is 16.9 Å². The predicted octanol–water partition coefficient (Wildman–Crippen LogP) is 3.02. The predicted molar refractivity (Wildman–Crippen MR) is 135 cm³/mol. The van der Waals surface area contributed by atoms with E-state index in [1.165, 1.54) is 11.3 Å². The van der Waals surface area contributed by atoms with E-state index in [-0.39, 0.29) is 18.2 Å². The second kappa shape index (κ2) is 12.4. The van der Waals surface area contributed by atoms with Gasteiger partial charge in [0, 0.05) is 24.0 Å².